The van der Waals surface area contributed by atoms with E-state index in [0.29, 0.717) is 42.2 Å². The van der Waals surface area contributed by atoms with Crippen LogP contribution in [-0.4, -0.2) is 50.4 Å². The van der Waals surface area contributed by atoms with Gasteiger partial charge in [0.25, 0.3) is 0 Å². The average Bonchev–Trinajstić information content (AvgIpc) is 3.36. The smallest absolute Gasteiger partial charge is 0.306 e. The molecule has 0 bridgehead atoms. The maximum Gasteiger partial charge on any atom is 0.306 e. The minimum Gasteiger partial charge on any atom is -0.463 e. The van der Waals surface area contributed by atoms with Gasteiger partial charge in [-0.3, -0.25) is 9.59 Å². The van der Waals surface area contributed by atoms with Crippen molar-refractivity contribution in [3.8, 4) is 6.07 Å². The Morgan fingerprint density at radius 3 is 2.68 bits per heavy atom. The molecule has 1 aliphatic carbocycles. The van der Waals surface area contributed by atoms with E-state index in [0.717, 1.165) is 25.7 Å². The highest BCUT2D eigenvalue weighted by atomic mass is 16.6. The van der Waals surface area contributed by atoms with E-state index < -0.39 is 17.8 Å². The molecule has 37 heavy (non-hydrogen) atoms. The molecule has 1 saturated heterocycles. The molecule has 1 amide bonds. The molecule has 0 unspecified atom stereocenters. The number of nitrogens with zero attached hydrogens (tertiary/aromatic N) is 4. The molecule has 2 aliphatic rings. The second-order valence-corrected chi connectivity index (χ2v) is 10.0. The van der Waals surface area contributed by atoms with Gasteiger partial charge in [-0.1, -0.05) is 39.5 Å². The number of aliphatic hydroxyl groups excluding tert-OH is 1. The predicted octanol–water partition coefficient (Wildman–Crippen LogP) is 3.69. The number of carbonyl (C=O) groups excluding carboxylic acids is 2. The molecule has 1 radical (unpaired) electrons. The van der Waals surface area contributed by atoms with Crippen LogP contribution in [0.3, 0.4) is 0 Å². The van der Waals surface area contributed by atoms with Crippen molar-refractivity contribution in [1.82, 2.24) is 14.6 Å². The Hall–Kier alpha value is -3.03. The Balaban J connectivity index is 1.46. The van der Waals surface area contributed by atoms with Crippen molar-refractivity contribution < 1.29 is 24.2 Å². The predicted molar refractivity (Wildman–Crippen MR) is 135 cm³/mol. The average molecular weight is 511 g/mol. The van der Waals surface area contributed by atoms with E-state index in [2.05, 4.69) is 21.5 Å². The molecule has 1 aliphatic heterocycles. The van der Waals surface area contributed by atoms with Gasteiger partial charge in [0.1, 0.15) is 36.7 Å². The molecule has 2 fully saturated rings. The van der Waals surface area contributed by atoms with Crippen molar-refractivity contribution in [3.63, 3.8) is 0 Å². The van der Waals surface area contributed by atoms with Crippen molar-refractivity contribution in [2.45, 2.75) is 89.4 Å². The molecule has 0 aromatic carbocycles. The zero-order chi connectivity index (χ0) is 26.4. The lowest BCUT2D eigenvalue weighted by molar-refractivity contribution is -0.150. The van der Waals surface area contributed by atoms with Gasteiger partial charge < -0.3 is 19.9 Å². The van der Waals surface area contributed by atoms with Gasteiger partial charge in [0.05, 0.1) is 5.69 Å². The second kappa shape index (κ2) is 12.0. The van der Waals surface area contributed by atoms with Crippen LogP contribution >= 0.6 is 0 Å². The normalized spacial score (nSPS) is 24.6. The lowest BCUT2D eigenvalue weighted by Gasteiger charge is -2.24. The van der Waals surface area contributed by atoms with Gasteiger partial charge in [0.15, 0.2) is 5.82 Å². The fraction of sp³-hybridized carbons (Fsp3) is 0.630. The summed E-state index contributed by atoms with van der Waals surface area (Å²) >= 11 is 0. The topological polar surface area (TPSA) is 139 Å². The lowest BCUT2D eigenvalue weighted by atomic mass is 9.94. The monoisotopic (exact) mass is 510 g/mol. The zero-order valence-corrected chi connectivity index (χ0v) is 21.6. The Morgan fingerprint density at radius 2 is 2.00 bits per heavy atom. The quantitative estimate of drug-likeness (QED) is 0.385. The van der Waals surface area contributed by atoms with Crippen molar-refractivity contribution in [3.05, 3.63) is 30.6 Å². The van der Waals surface area contributed by atoms with E-state index in [1.54, 1.807) is 12.1 Å². The molecule has 3 atom stereocenters. The van der Waals surface area contributed by atoms with Gasteiger partial charge in [-0.15, -0.1) is 0 Å². The van der Waals surface area contributed by atoms with Crippen LogP contribution in [0.1, 0.15) is 77.3 Å². The number of nitriles is 1. The molecular formula is C27H36N5O5. The summed E-state index contributed by atoms with van der Waals surface area (Å²) in [5, 5.41) is 28.1. The van der Waals surface area contributed by atoms with E-state index in [9.17, 15) is 20.0 Å². The third kappa shape index (κ3) is 5.78. The number of anilines is 1. The summed E-state index contributed by atoms with van der Waals surface area (Å²) in [7, 11) is 0. The highest BCUT2D eigenvalue weighted by Crippen LogP contribution is 2.40. The first-order chi connectivity index (χ1) is 17.9. The van der Waals surface area contributed by atoms with Crippen LogP contribution in [0.15, 0.2) is 18.5 Å². The van der Waals surface area contributed by atoms with Crippen molar-refractivity contribution >= 4 is 23.2 Å². The molecular weight excluding hydrogens is 474 g/mol. The van der Waals surface area contributed by atoms with Crippen LogP contribution in [0.4, 0.5) is 5.82 Å². The molecule has 0 spiro atoms. The number of hydrogen-bond acceptors (Lipinski definition) is 8. The Labute approximate surface area is 217 Å². The number of aromatic nitrogens is 3. The zero-order valence-electron chi connectivity index (χ0n) is 21.6. The fourth-order valence-electron chi connectivity index (χ4n) is 5.37. The number of rotatable bonds is 9. The summed E-state index contributed by atoms with van der Waals surface area (Å²) in [5.41, 5.74) is -0.988. The fourth-order valence-corrected chi connectivity index (χ4v) is 5.37. The number of esters is 1. The molecule has 3 heterocycles. The van der Waals surface area contributed by atoms with Crippen molar-refractivity contribution in [1.29, 1.82) is 5.26 Å². The first-order valence-corrected chi connectivity index (χ1v) is 13.3. The SMILES string of the molecule is CCC(CC)C(=O)Nc1ncnn2c([C@]3(C#N)O[C@@H](COC(=O)CC4CCCCCC4)[CH][C@H]3O)ccc12. The highest BCUT2D eigenvalue weighted by molar-refractivity contribution is 5.95. The van der Waals surface area contributed by atoms with E-state index in [1.165, 1.54) is 30.1 Å². The third-order valence-corrected chi connectivity index (χ3v) is 7.59. The largest absolute Gasteiger partial charge is 0.463 e. The number of hydrogen-bond donors (Lipinski definition) is 2. The molecule has 4 rings (SSSR count). The van der Waals surface area contributed by atoms with Crippen molar-refractivity contribution in [2.24, 2.45) is 11.8 Å². The molecule has 199 valence electrons. The van der Waals surface area contributed by atoms with Gasteiger partial charge in [-0.05, 0) is 43.7 Å². The first kappa shape index (κ1) is 27.0. The minimum absolute atomic E-state index is 0.0823. The van der Waals surface area contributed by atoms with Crippen LogP contribution in [0.25, 0.3) is 5.52 Å². The van der Waals surface area contributed by atoms with Crippen LogP contribution in [0.2, 0.25) is 0 Å². The Bertz CT molecular complexity index is 1130. The molecule has 2 aromatic heterocycles. The molecule has 10 heteroatoms. The maximum atomic E-state index is 12.6. The maximum absolute atomic E-state index is 12.6. The molecule has 2 N–H and O–H groups in total. The number of ether oxygens (including phenoxy) is 2. The molecule has 2 aromatic rings. The van der Waals surface area contributed by atoms with Crippen molar-refractivity contribution in [2.75, 3.05) is 11.9 Å². The van der Waals surface area contributed by atoms with Gasteiger partial charge >= 0.3 is 5.97 Å². The Morgan fingerprint density at radius 1 is 1.27 bits per heavy atom. The van der Waals surface area contributed by atoms with E-state index in [1.807, 2.05) is 13.8 Å². The minimum atomic E-state index is -1.75. The second-order valence-electron chi connectivity index (χ2n) is 10.0. The van der Waals surface area contributed by atoms with Gasteiger partial charge in [0, 0.05) is 18.8 Å². The summed E-state index contributed by atoms with van der Waals surface area (Å²) in [5.74, 6) is 0.0898. The third-order valence-electron chi connectivity index (χ3n) is 7.59. The highest BCUT2D eigenvalue weighted by Gasteiger charge is 2.52. The number of carbonyl (C=O) groups is 2. The van der Waals surface area contributed by atoms with Crippen LogP contribution in [-0.2, 0) is 24.7 Å². The van der Waals surface area contributed by atoms with E-state index in [-0.39, 0.29) is 24.4 Å². The Kier molecular flexibility index (Phi) is 8.77. The number of nitrogens with one attached hydrogen (secondary N) is 1. The van der Waals surface area contributed by atoms with E-state index >= 15 is 0 Å². The summed E-state index contributed by atoms with van der Waals surface area (Å²) in [6, 6.07) is 5.39. The molecule has 1 saturated carbocycles. The van der Waals surface area contributed by atoms with Crippen LogP contribution in [0.5, 0.6) is 0 Å². The summed E-state index contributed by atoms with van der Waals surface area (Å²) in [6.45, 7) is 3.83. The standard InChI is InChI=1S/C27H36N5O5/c1-3-19(4-2)26(35)31-25-21-11-12-22(32(21)30-17-29-25)27(16-28)23(33)14-20(37-27)15-36-24(34)13-18-9-7-5-6-8-10-18/h11-12,14,17-20,23,33H,3-10,13,15H2,1-2H3,(H,29,30,31,35)/t20-,23-,27+/m1/s1. The van der Waals surface area contributed by atoms with Gasteiger partial charge in [0.2, 0.25) is 11.5 Å². The summed E-state index contributed by atoms with van der Waals surface area (Å²) in [4.78, 5) is 29.3. The van der Waals surface area contributed by atoms with Crippen LogP contribution < -0.4 is 5.32 Å². The summed E-state index contributed by atoms with van der Waals surface area (Å²) < 4.78 is 12.9. The van der Waals surface area contributed by atoms with Gasteiger partial charge in [-0.2, -0.15) is 10.4 Å². The van der Waals surface area contributed by atoms with E-state index in [4.69, 9.17) is 9.47 Å². The van der Waals surface area contributed by atoms with Gasteiger partial charge in [-0.25, -0.2) is 9.50 Å². The first-order valence-electron chi connectivity index (χ1n) is 13.3. The number of amides is 1. The lowest BCUT2D eigenvalue weighted by Crippen LogP contribution is -2.37. The number of aliphatic hydroxyl groups is 1. The summed E-state index contributed by atoms with van der Waals surface area (Å²) in [6.07, 6.45) is 9.31. The molecule has 10 nitrogen and oxygen atoms in total. The van der Waals surface area contributed by atoms with Crippen LogP contribution in [0, 0.1) is 29.6 Å². The number of fused-ring (bicyclic) bond motifs is 1.